The fraction of sp³-hybridized carbons (Fsp3) is 0.353. The van der Waals surface area contributed by atoms with Gasteiger partial charge in [0, 0.05) is 47.6 Å². The summed E-state index contributed by atoms with van der Waals surface area (Å²) in [6.45, 7) is 5.67. The molecule has 1 amide bonds. The van der Waals surface area contributed by atoms with Gasteiger partial charge in [-0.15, -0.1) is 6.58 Å². The third-order valence-corrected chi connectivity index (χ3v) is 3.93. The molecule has 0 unspecified atom stereocenters. The van der Waals surface area contributed by atoms with Crippen LogP contribution in [-0.2, 0) is 17.9 Å². The molecule has 22 heavy (non-hydrogen) atoms. The Hall–Kier alpha value is -1.59. The summed E-state index contributed by atoms with van der Waals surface area (Å²) in [5, 5.41) is 4.04. The molecule has 2 aromatic rings. The van der Waals surface area contributed by atoms with E-state index in [2.05, 4.69) is 69.7 Å². The highest BCUT2D eigenvalue weighted by Gasteiger charge is 2.11. The number of hydrogen-bond acceptors (Lipinski definition) is 2. The lowest BCUT2D eigenvalue weighted by atomic mass is 10.2. The van der Waals surface area contributed by atoms with E-state index in [4.69, 9.17) is 0 Å². The molecule has 0 aliphatic heterocycles. The maximum atomic E-state index is 11.8. The maximum Gasteiger partial charge on any atom is 0.222 e. The van der Waals surface area contributed by atoms with Crippen molar-refractivity contribution in [3.05, 3.63) is 47.1 Å². The lowest BCUT2D eigenvalue weighted by Crippen LogP contribution is -2.24. The molecule has 4 nitrogen and oxygen atoms in total. The van der Waals surface area contributed by atoms with Crippen molar-refractivity contribution < 1.29 is 4.79 Å². The third kappa shape index (κ3) is 4.21. The summed E-state index contributed by atoms with van der Waals surface area (Å²) in [7, 11) is 4.12. The fourth-order valence-corrected chi connectivity index (χ4v) is 2.85. The zero-order valence-corrected chi connectivity index (χ0v) is 14.7. The minimum atomic E-state index is 0.0491. The molecule has 1 aromatic carbocycles. The number of nitrogens with zero attached hydrogens (tertiary/aromatic N) is 2. The summed E-state index contributed by atoms with van der Waals surface area (Å²) < 4.78 is 3.23. The van der Waals surface area contributed by atoms with Crippen LogP contribution in [0.2, 0.25) is 0 Å². The van der Waals surface area contributed by atoms with Crippen molar-refractivity contribution in [3.8, 4) is 0 Å². The van der Waals surface area contributed by atoms with Gasteiger partial charge in [-0.1, -0.05) is 22.0 Å². The highest BCUT2D eigenvalue weighted by molar-refractivity contribution is 9.10. The molecule has 0 fully saturated rings. The highest BCUT2D eigenvalue weighted by Crippen LogP contribution is 2.26. The number of carbonyl (C=O) groups excluding carboxylic acids is 1. The SMILES string of the molecule is C=CCNC(=O)CCn1cc(CN(C)C)c2cc(Br)ccc21. The fourth-order valence-electron chi connectivity index (χ4n) is 2.49. The minimum Gasteiger partial charge on any atom is -0.353 e. The number of halogens is 1. The third-order valence-electron chi connectivity index (χ3n) is 3.44. The van der Waals surface area contributed by atoms with E-state index < -0.39 is 0 Å². The van der Waals surface area contributed by atoms with Crippen LogP contribution < -0.4 is 5.32 Å². The van der Waals surface area contributed by atoms with Crippen LogP contribution in [0.15, 0.2) is 41.5 Å². The van der Waals surface area contributed by atoms with Gasteiger partial charge >= 0.3 is 0 Å². The second kappa shape index (κ2) is 7.61. The molecule has 1 N–H and O–H groups in total. The minimum absolute atomic E-state index is 0.0491. The van der Waals surface area contributed by atoms with Gasteiger partial charge in [0.1, 0.15) is 0 Å². The predicted octanol–water partition coefficient (Wildman–Crippen LogP) is 3.16. The molecule has 5 heteroatoms. The second-order valence-corrected chi connectivity index (χ2v) is 6.51. The van der Waals surface area contributed by atoms with Crippen molar-refractivity contribution in [3.63, 3.8) is 0 Å². The van der Waals surface area contributed by atoms with Crippen LogP contribution in [0.3, 0.4) is 0 Å². The van der Waals surface area contributed by atoms with Gasteiger partial charge in [-0.3, -0.25) is 4.79 Å². The first-order valence-corrected chi connectivity index (χ1v) is 8.10. The Kier molecular flexibility index (Phi) is 5.80. The molecule has 1 aromatic heterocycles. The number of aryl methyl sites for hydroxylation is 1. The molecule has 0 aliphatic carbocycles. The summed E-state index contributed by atoms with van der Waals surface area (Å²) in [6, 6.07) is 6.28. The summed E-state index contributed by atoms with van der Waals surface area (Å²) in [4.78, 5) is 13.9. The average Bonchev–Trinajstić information content (AvgIpc) is 2.79. The van der Waals surface area contributed by atoms with Gasteiger partial charge in [-0.05, 0) is 37.9 Å². The van der Waals surface area contributed by atoms with Crippen LogP contribution in [0, 0.1) is 0 Å². The Morgan fingerprint density at radius 1 is 1.45 bits per heavy atom. The van der Waals surface area contributed by atoms with Crippen LogP contribution in [0.4, 0.5) is 0 Å². The molecule has 2 rings (SSSR count). The van der Waals surface area contributed by atoms with E-state index in [-0.39, 0.29) is 5.91 Å². The molecular weight excluding hydrogens is 342 g/mol. The first-order chi connectivity index (χ1) is 10.5. The van der Waals surface area contributed by atoms with E-state index >= 15 is 0 Å². The summed E-state index contributed by atoms with van der Waals surface area (Å²) >= 11 is 3.54. The first kappa shape index (κ1) is 16.8. The number of amides is 1. The number of hydrogen-bond donors (Lipinski definition) is 1. The monoisotopic (exact) mass is 363 g/mol. The van der Waals surface area contributed by atoms with Crippen molar-refractivity contribution in [1.29, 1.82) is 0 Å². The summed E-state index contributed by atoms with van der Waals surface area (Å²) in [5.41, 5.74) is 2.43. The Balaban J connectivity index is 2.22. The quantitative estimate of drug-likeness (QED) is 0.767. The van der Waals surface area contributed by atoms with Gasteiger partial charge in [0.25, 0.3) is 0 Å². The smallest absolute Gasteiger partial charge is 0.222 e. The van der Waals surface area contributed by atoms with Crippen LogP contribution in [0.25, 0.3) is 10.9 Å². The lowest BCUT2D eigenvalue weighted by molar-refractivity contribution is -0.121. The van der Waals surface area contributed by atoms with Crippen molar-refractivity contribution >= 4 is 32.7 Å². The van der Waals surface area contributed by atoms with Gasteiger partial charge in [-0.25, -0.2) is 0 Å². The number of benzene rings is 1. The lowest BCUT2D eigenvalue weighted by Gasteiger charge is -2.07. The van der Waals surface area contributed by atoms with Crippen LogP contribution in [0.5, 0.6) is 0 Å². The van der Waals surface area contributed by atoms with Crippen molar-refractivity contribution in [2.75, 3.05) is 20.6 Å². The van der Waals surface area contributed by atoms with Gasteiger partial charge < -0.3 is 14.8 Å². The molecule has 0 radical (unpaired) electrons. The molecule has 1 heterocycles. The number of fused-ring (bicyclic) bond motifs is 1. The Bertz CT molecular complexity index is 676. The standard InChI is InChI=1S/C17H22BrN3O/c1-4-8-19-17(22)7-9-21-12-13(11-20(2)3)15-10-14(18)5-6-16(15)21/h4-6,10,12H,1,7-9,11H2,2-3H3,(H,19,22). The van der Waals surface area contributed by atoms with E-state index in [1.807, 2.05) is 6.07 Å². The Morgan fingerprint density at radius 3 is 2.91 bits per heavy atom. The summed E-state index contributed by atoms with van der Waals surface area (Å²) in [5.74, 6) is 0.0491. The van der Waals surface area contributed by atoms with E-state index in [0.29, 0.717) is 19.5 Å². The van der Waals surface area contributed by atoms with E-state index in [0.717, 1.165) is 16.5 Å². The Labute approximate surface area is 139 Å². The number of carbonyl (C=O) groups is 1. The van der Waals surface area contributed by atoms with Gasteiger partial charge in [-0.2, -0.15) is 0 Å². The van der Waals surface area contributed by atoms with E-state index in [9.17, 15) is 4.79 Å². The Morgan fingerprint density at radius 2 is 2.23 bits per heavy atom. The summed E-state index contributed by atoms with van der Waals surface area (Å²) in [6.07, 6.45) is 4.31. The number of aromatic nitrogens is 1. The molecule has 0 aliphatic rings. The van der Waals surface area contributed by atoms with Crippen LogP contribution in [0.1, 0.15) is 12.0 Å². The number of nitrogens with one attached hydrogen (secondary N) is 1. The largest absolute Gasteiger partial charge is 0.353 e. The molecular formula is C17H22BrN3O. The van der Waals surface area contributed by atoms with Crippen molar-refractivity contribution in [1.82, 2.24) is 14.8 Å². The normalized spacial score (nSPS) is 11.1. The highest BCUT2D eigenvalue weighted by atomic mass is 79.9. The average molecular weight is 364 g/mol. The molecule has 118 valence electrons. The van der Waals surface area contributed by atoms with Gasteiger partial charge in [0.2, 0.25) is 5.91 Å². The van der Waals surface area contributed by atoms with Gasteiger partial charge in [0.05, 0.1) is 0 Å². The maximum absolute atomic E-state index is 11.8. The topological polar surface area (TPSA) is 37.3 Å². The zero-order chi connectivity index (χ0) is 16.1. The van der Waals surface area contributed by atoms with Crippen molar-refractivity contribution in [2.45, 2.75) is 19.5 Å². The molecule has 0 saturated heterocycles. The molecule has 0 atom stereocenters. The first-order valence-electron chi connectivity index (χ1n) is 7.31. The predicted molar refractivity (Wildman–Crippen MR) is 94.9 cm³/mol. The number of rotatable bonds is 7. The second-order valence-electron chi connectivity index (χ2n) is 5.59. The van der Waals surface area contributed by atoms with Crippen LogP contribution in [-0.4, -0.2) is 36.0 Å². The zero-order valence-electron chi connectivity index (χ0n) is 13.1. The van der Waals surface area contributed by atoms with Gasteiger partial charge in [0.15, 0.2) is 0 Å². The molecule has 0 saturated carbocycles. The molecule has 0 spiro atoms. The van der Waals surface area contributed by atoms with Crippen LogP contribution >= 0.6 is 15.9 Å². The van der Waals surface area contributed by atoms with Crippen molar-refractivity contribution in [2.24, 2.45) is 0 Å². The molecule has 0 bridgehead atoms. The van der Waals surface area contributed by atoms with E-state index in [1.54, 1.807) is 6.08 Å². The van der Waals surface area contributed by atoms with E-state index in [1.165, 1.54) is 10.9 Å².